The summed E-state index contributed by atoms with van der Waals surface area (Å²) in [5, 5.41) is 13.6. The van der Waals surface area contributed by atoms with Gasteiger partial charge in [0.1, 0.15) is 28.9 Å². The number of aliphatic hydroxyl groups is 1. The lowest BCUT2D eigenvalue weighted by atomic mass is 9.94. The summed E-state index contributed by atoms with van der Waals surface area (Å²) in [7, 11) is 0. The van der Waals surface area contributed by atoms with Crippen LogP contribution in [0.25, 0.3) is 11.3 Å². The number of hydrogen-bond acceptors (Lipinski definition) is 7. The highest BCUT2D eigenvalue weighted by Crippen LogP contribution is 2.40. The van der Waals surface area contributed by atoms with Crippen molar-refractivity contribution in [2.24, 2.45) is 0 Å². The number of benzene rings is 2. The van der Waals surface area contributed by atoms with Crippen LogP contribution in [0.15, 0.2) is 42.5 Å². The summed E-state index contributed by atoms with van der Waals surface area (Å²) in [6.45, 7) is 3.74. The van der Waals surface area contributed by atoms with Gasteiger partial charge in [-0.3, -0.25) is 15.0 Å². The number of halogens is 2. The average Bonchev–Trinajstić information content (AvgIpc) is 3.37. The van der Waals surface area contributed by atoms with E-state index < -0.39 is 0 Å². The molecule has 1 saturated heterocycles. The third-order valence-corrected chi connectivity index (χ3v) is 8.51. The summed E-state index contributed by atoms with van der Waals surface area (Å²) in [4.78, 5) is 22.7. The third kappa shape index (κ3) is 6.29. The zero-order valence-corrected chi connectivity index (χ0v) is 22.7. The Morgan fingerprint density at radius 2 is 1.84 bits per heavy atom. The van der Waals surface area contributed by atoms with Crippen molar-refractivity contribution < 1.29 is 19.0 Å². The van der Waals surface area contributed by atoms with E-state index >= 15 is 0 Å². The second-order valence-electron chi connectivity index (χ2n) is 9.67. The molecule has 1 aromatic heterocycles. The zero-order chi connectivity index (χ0) is 26.5. The van der Waals surface area contributed by atoms with E-state index in [1.807, 2.05) is 0 Å². The molecule has 0 radical (unpaired) electrons. The molecule has 3 aromatic rings. The van der Waals surface area contributed by atoms with E-state index in [2.05, 4.69) is 15.1 Å². The molecule has 2 N–H and O–H groups in total. The van der Waals surface area contributed by atoms with Crippen LogP contribution in [0, 0.1) is 5.82 Å². The lowest BCUT2D eigenvalue weighted by Crippen LogP contribution is -2.50. The topological polar surface area (TPSA) is 77.9 Å². The van der Waals surface area contributed by atoms with E-state index in [1.165, 1.54) is 61.6 Å². The van der Waals surface area contributed by atoms with Gasteiger partial charge in [-0.2, -0.15) is 0 Å². The van der Waals surface area contributed by atoms with Crippen LogP contribution in [0.2, 0.25) is 5.02 Å². The standard InChI is InChI=1S/C28H32ClFN4O3S/c29-23-18-20(8-11-24(23)37-17-16-35)26(36)32-28-31-25(19-6-9-21(30)10-7-19)27(38-28)34-14-12-33(13-15-34)22-4-2-1-3-5-22/h6-11,18,22,35H,1-5,12-17H2,(H,31,32,36). The van der Waals surface area contributed by atoms with Crippen LogP contribution in [0.3, 0.4) is 0 Å². The first-order chi connectivity index (χ1) is 18.5. The van der Waals surface area contributed by atoms with E-state index in [9.17, 15) is 9.18 Å². The van der Waals surface area contributed by atoms with E-state index in [4.69, 9.17) is 26.4 Å². The van der Waals surface area contributed by atoms with Crippen LogP contribution >= 0.6 is 22.9 Å². The maximum absolute atomic E-state index is 13.6. The number of hydrogen-bond donors (Lipinski definition) is 2. The summed E-state index contributed by atoms with van der Waals surface area (Å²) >= 11 is 7.69. The SMILES string of the molecule is O=C(Nc1nc(-c2ccc(F)cc2)c(N2CCN(C3CCCCC3)CC2)s1)c1ccc(OCCO)c(Cl)c1. The molecule has 10 heteroatoms. The number of carbonyl (C=O) groups is 1. The van der Waals surface area contributed by atoms with Gasteiger partial charge in [0.25, 0.3) is 5.91 Å². The quantitative estimate of drug-likeness (QED) is 0.370. The summed E-state index contributed by atoms with van der Waals surface area (Å²) < 4.78 is 19.0. The Hall–Kier alpha value is -2.72. The minimum Gasteiger partial charge on any atom is -0.490 e. The summed E-state index contributed by atoms with van der Waals surface area (Å²) in [6.07, 6.45) is 6.56. The number of thiazole rings is 1. The van der Waals surface area contributed by atoms with Crippen LogP contribution in [-0.2, 0) is 0 Å². The molecule has 1 aliphatic carbocycles. The fourth-order valence-corrected chi connectivity index (χ4v) is 6.47. The molecule has 5 rings (SSSR count). The Balaban J connectivity index is 1.34. The van der Waals surface area contributed by atoms with Crippen molar-refractivity contribution >= 4 is 39.0 Å². The lowest BCUT2D eigenvalue weighted by molar-refractivity contribution is 0.102. The Kier molecular flexibility index (Phi) is 8.79. The van der Waals surface area contributed by atoms with Crippen LogP contribution in [-0.4, -0.2) is 66.3 Å². The number of amides is 1. The number of anilines is 2. The largest absolute Gasteiger partial charge is 0.490 e. The number of carbonyl (C=O) groups excluding carboxylic acids is 1. The van der Waals surface area contributed by atoms with Crippen LogP contribution in [0.1, 0.15) is 42.5 Å². The Bertz CT molecular complexity index is 1240. The predicted octanol–water partition coefficient (Wildman–Crippen LogP) is 5.68. The van der Waals surface area contributed by atoms with Crippen molar-refractivity contribution in [3.05, 3.63) is 58.9 Å². The van der Waals surface area contributed by atoms with Crippen molar-refractivity contribution in [2.45, 2.75) is 38.1 Å². The number of aliphatic hydroxyl groups excluding tert-OH is 1. The van der Waals surface area contributed by atoms with Gasteiger partial charge in [0, 0.05) is 43.3 Å². The van der Waals surface area contributed by atoms with E-state index in [1.54, 1.807) is 24.3 Å². The second-order valence-corrected chi connectivity index (χ2v) is 11.1. The molecule has 0 bridgehead atoms. The third-order valence-electron chi connectivity index (χ3n) is 7.18. The highest BCUT2D eigenvalue weighted by atomic mass is 35.5. The first-order valence-corrected chi connectivity index (χ1v) is 14.3. The molecular formula is C28H32ClFN4O3S. The molecule has 1 aliphatic heterocycles. The molecule has 1 amide bonds. The first kappa shape index (κ1) is 26.9. The Morgan fingerprint density at radius 1 is 1.11 bits per heavy atom. The monoisotopic (exact) mass is 558 g/mol. The Morgan fingerprint density at radius 3 is 2.53 bits per heavy atom. The van der Waals surface area contributed by atoms with Gasteiger partial charge in [-0.25, -0.2) is 9.37 Å². The van der Waals surface area contributed by atoms with Crippen molar-refractivity contribution in [3.8, 4) is 17.0 Å². The molecule has 2 heterocycles. The van der Waals surface area contributed by atoms with Crippen molar-refractivity contribution in [1.82, 2.24) is 9.88 Å². The van der Waals surface area contributed by atoms with Gasteiger partial charge in [-0.1, -0.05) is 42.2 Å². The van der Waals surface area contributed by atoms with Crippen LogP contribution in [0.5, 0.6) is 5.75 Å². The zero-order valence-electron chi connectivity index (χ0n) is 21.2. The first-order valence-electron chi connectivity index (χ1n) is 13.1. The molecule has 1 saturated carbocycles. The fraction of sp³-hybridized carbons (Fsp3) is 0.429. The van der Waals surface area contributed by atoms with E-state index in [0.717, 1.165) is 42.4 Å². The number of nitrogens with one attached hydrogen (secondary N) is 1. The second kappa shape index (κ2) is 12.4. The van der Waals surface area contributed by atoms with Gasteiger partial charge in [0.2, 0.25) is 0 Å². The lowest BCUT2D eigenvalue weighted by Gasteiger charge is -2.41. The minimum atomic E-state index is -0.339. The molecular weight excluding hydrogens is 527 g/mol. The van der Waals surface area contributed by atoms with Crippen molar-refractivity contribution in [2.75, 3.05) is 49.6 Å². The van der Waals surface area contributed by atoms with Gasteiger partial charge < -0.3 is 14.7 Å². The summed E-state index contributed by atoms with van der Waals surface area (Å²) in [6, 6.07) is 11.8. The normalized spacial score (nSPS) is 17.0. The molecule has 0 spiro atoms. The molecule has 2 aliphatic rings. The average molecular weight is 559 g/mol. The molecule has 2 fully saturated rings. The predicted molar refractivity (Wildman–Crippen MR) is 150 cm³/mol. The highest BCUT2D eigenvalue weighted by molar-refractivity contribution is 7.20. The van der Waals surface area contributed by atoms with Gasteiger partial charge in [0.05, 0.1) is 11.6 Å². The molecule has 2 aromatic carbocycles. The molecule has 38 heavy (non-hydrogen) atoms. The number of rotatable bonds is 8. The minimum absolute atomic E-state index is 0.119. The number of piperazine rings is 1. The summed E-state index contributed by atoms with van der Waals surface area (Å²) in [5.41, 5.74) is 1.91. The fourth-order valence-electron chi connectivity index (χ4n) is 5.20. The van der Waals surface area contributed by atoms with E-state index in [-0.39, 0.29) is 30.0 Å². The smallest absolute Gasteiger partial charge is 0.257 e. The molecule has 7 nitrogen and oxygen atoms in total. The van der Waals surface area contributed by atoms with E-state index in [0.29, 0.717) is 22.5 Å². The number of nitrogens with zero attached hydrogens (tertiary/aromatic N) is 3. The van der Waals surface area contributed by atoms with Crippen molar-refractivity contribution in [3.63, 3.8) is 0 Å². The van der Waals surface area contributed by atoms with Gasteiger partial charge in [-0.15, -0.1) is 0 Å². The van der Waals surface area contributed by atoms with Crippen molar-refractivity contribution in [1.29, 1.82) is 0 Å². The molecule has 0 unspecified atom stereocenters. The maximum Gasteiger partial charge on any atom is 0.257 e. The number of ether oxygens (including phenoxy) is 1. The highest BCUT2D eigenvalue weighted by Gasteiger charge is 2.28. The van der Waals surface area contributed by atoms with Gasteiger partial charge >= 0.3 is 0 Å². The number of aromatic nitrogens is 1. The maximum atomic E-state index is 13.6. The van der Waals surface area contributed by atoms with Crippen LogP contribution in [0.4, 0.5) is 14.5 Å². The van der Waals surface area contributed by atoms with Gasteiger partial charge in [-0.05, 0) is 55.3 Å². The summed E-state index contributed by atoms with van der Waals surface area (Å²) in [5.74, 6) is -0.239. The molecule has 0 atom stereocenters. The van der Waals surface area contributed by atoms with Gasteiger partial charge in [0.15, 0.2) is 5.13 Å². The van der Waals surface area contributed by atoms with Crippen LogP contribution < -0.4 is 15.0 Å². The Labute approximate surface area is 231 Å². The molecule has 202 valence electrons.